The van der Waals surface area contributed by atoms with E-state index in [9.17, 15) is 14.4 Å². The Hall–Kier alpha value is -4.74. The van der Waals surface area contributed by atoms with Gasteiger partial charge >= 0.3 is 17.9 Å². The summed E-state index contributed by atoms with van der Waals surface area (Å²) in [6.07, 6.45) is 2.91. The van der Waals surface area contributed by atoms with Gasteiger partial charge in [0.25, 0.3) is 1.43 Å². The Balaban J connectivity index is 0.000000542. The maximum Gasteiger partial charge on any atom is 0.335 e. The number of benzene rings is 3. The quantitative estimate of drug-likeness (QED) is 0.107. The van der Waals surface area contributed by atoms with Gasteiger partial charge in [0, 0.05) is 12.6 Å². The van der Waals surface area contributed by atoms with Crippen molar-refractivity contribution in [2.45, 2.75) is 44.7 Å². The molecule has 11 heteroatoms. The van der Waals surface area contributed by atoms with Crippen LogP contribution in [0.5, 0.6) is 0 Å². The van der Waals surface area contributed by atoms with Crippen LogP contribution in [0.2, 0.25) is 0 Å². The first kappa shape index (κ1) is 34.3. The molecular formula is C30H41N5O6. The standard InChI is InChI=1S/C9H13N.C7H16N4O2.2C7H6O2/c1-8(10)7-9-5-3-2-4-6-9;8-5(6(12)13)3-1-2-4-11-7(9)10;2*8-7(9)6-4-2-1-3-5-6/h2-6,8H,7,10H2,1H3;5H,1-4,8H2,(H,12,13)(H4,9,10,11);2*1-5H,(H,8,9)/i/hD. The Bertz CT molecular complexity index is 1130. The lowest BCUT2D eigenvalue weighted by atomic mass is 10.1. The first-order valence-electron chi connectivity index (χ1n) is 13.2. The number of aromatic carboxylic acids is 2. The number of unbranched alkanes of at least 4 members (excludes halogenated alkanes) is 1. The van der Waals surface area contributed by atoms with Gasteiger partial charge in [-0.05, 0) is 62.4 Å². The number of carboxylic acid groups (broad SMARTS) is 3. The molecule has 0 amide bonds. The Labute approximate surface area is 242 Å². The highest BCUT2D eigenvalue weighted by Crippen LogP contribution is 2.01. The molecule has 0 aliphatic rings. The zero-order valence-corrected chi connectivity index (χ0v) is 23.1. The Morgan fingerprint density at radius 2 is 1.22 bits per heavy atom. The van der Waals surface area contributed by atoms with Gasteiger partial charge in [-0.25, -0.2) is 9.59 Å². The summed E-state index contributed by atoms with van der Waals surface area (Å²) >= 11 is 0. The maximum atomic E-state index is 10.7. The average molecular weight is 569 g/mol. The van der Waals surface area contributed by atoms with Gasteiger partial charge in [0.1, 0.15) is 6.04 Å². The molecule has 0 radical (unpaired) electrons. The van der Waals surface area contributed by atoms with Crippen LogP contribution in [0.15, 0.2) is 96.0 Å². The van der Waals surface area contributed by atoms with Crippen molar-refractivity contribution in [2.75, 3.05) is 6.54 Å². The van der Waals surface area contributed by atoms with Gasteiger partial charge < -0.3 is 38.3 Å². The lowest BCUT2D eigenvalue weighted by Crippen LogP contribution is -2.29. The number of hydrogen-bond acceptors (Lipinski definition) is 7. The smallest absolute Gasteiger partial charge is 0.335 e. The number of nitrogens with zero attached hydrogens (tertiary/aromatic N) is 1. The molecule has 2 unspecified atom stereocenters. The van der Waals surface area contributed by atoms with Crippen LogP contribution in [-0.4, -0.2) is 57.8 Å². The number of rotatable bonds is 10. The molecule has 2 atom stereocenters. The van der Waals surface area contributed by atoms with Crippen molar-refractivity contribution in [3.63, 3.8) is 0 Å². The SMILES string of the molecule is CC(N)Cc1ccccc1.O=C(O)c1ccccc1.O=C(O)c1ccccc1.[2H]OC(=O)C(N)CCCCN=C(N)N. The summed E-state index contributed by atoms with van der Waals surface area (Å²) in [5.74, 6) is -2.42. The predicted molar refractivity (Wildman–Crippen MR) is 161 cm³/mol. The second kappa shape index (κ2) is 22.1. The molecule has 0 heterocycles. The molecule has 0 fully saturated rings. The van der Waals surface area contributed by atoms with Crippen LogP contribution in [0.3, 0.4) is 0 Å². The van der Waals surface area contributed by atoms with Crippen LogP contribution >= 0.6 is 0 Å². The first-order chi connectivity index (χ1) is 20.0. The zero-order chi connectivity index (χ0) is 31.8. The average Bonchev–Trinajstić information content (AvgIpc) is 2.98. The summed E-state index contributed by atoms with van der Waals surface area (Å²) in [7, 11) is 0. The monoisotopic (exact) mass is 568 g/mol. The molecule has 11 N–H and O–H groups in total. The minimum Gasteiger partial charge on any atom is -0.480 e. The molecule has 3 aromatic rings. The van der Waals surface area contributed by atoms with E-state index in [1.807, 2.05) is 25.1 Å². The number of carbonyl (C=O) groups is 3. The van der Waals surface area contributed by atoms with Gasteiger partial charge in [-0.15, -0.1) is 0 Å². The van der Waals surface area contributed by atoms with E-state index in [0.29, 0.717) is 30.5 Å². The van der Waals surface area contributed by atoms with Crippen molar-refractivity contribution < 1.29 is 29.7 Å². The van der Waals surface area contributed by atoms with Crippen molar-refractivity contribution >= 4 is 23.9 Å². The highest BCUT2D eigenvalue weighted by molar-refractivity contribution is 5.87. The maximum absolute atomic E-state index is 10.7. The number of nitrogens with two attached hydrogens (primary N) is 4. The Kier molecular flexibility index (Phi) is 18.5. The van der Waals surface area contributed by atoms with Crippen molar-refractivity contribution in [1.29, 1.82) is 1.43 Å². The first-order valence-corrected chi connectivity index (χ1v) is 12.8. The molecule has 0 aromatic heterocycles. The molecule has 11 nitrogen and oxygen atoms in total. The van der Waals surface area contributed by atoms with Gasteiger partial charge in [0.05, 0.1) is 11.1 Å². The fourth-order valence-electron chi connectivity index (χ4n) is 2.95. The predicted octanol–water partition coefficient (Wildman–Crippen LogP) is 3.19. The fourth-order valence-corrected chi connectivity index (χ4v) is 2.95. The highest BCUT2D eigenvalue weighted by Gasteiger charge is 2.09. The largest absolute Gasteiger partial charge is 0.480 e. The zero-order valence-electron chi connectivity index (χ0n) is 24.1. The van der Waals surface area contributed by atoms with E-state index in [0.717, 1.165) is 12.8 Å². The van der Waals surface area contributed by atoms with E-state index in [2.05, 4.69) is 22.2 Å². The van der Waals surface area contributed by atoms with Crippen molar-refractivity contribution in [3.8, 4) is 0 Å². The van der Waals surface area contributed by atoms with Crippen LogP contribution in [0, 0.1) is 0 Å². The third-order valence-electron chi connectivity index (χ3n) is 4.96. The summed E-state index contributed by atoms with van der Waals surface area (Å²) in [6, 6.07) is 26.4. The topological polar surface area (TPSA) is 228 Å². The van der Waals surface area contributed by atoms with Crippen LogP contribution in [0.1, 0.15) is 52.5 Å². The minimum absolute atomic E-state index is 0.0554. The van der Waals surface area contributed by atoms with E-state index in [1.165, 1.54) is 5.56 Å². The molecule has 0 bridgehead atoms. The molecule has 0 aliphatic heterocycles. The summed E-state index contributed by atoms with van der Waals surface area (Å²) < 4.78 is 6.33. The molecule has 3 aromatic carbocycles. The van der Waals surface area contributed by atoms with Gasteiger partial charge in [0.2, 0.25) is 0 Å². The van der Waals surface area contributed by atoms with Crippen LogP contribution < -0.4 is 22.9 Å². The summed E-state index contributed by atoms with van der Waals surface area (Å²) in [4.78, 5) is 34.8. The number of aliphatic carboxylic acids is 1. The normalized spacial score (nSPS) is 11.1. The molecule has 0 spiro atoms. The van der Waals surface area contributed by atoms with Gasteiger partial charge in [-0.2, -0.15) is 0 Å². The van der Waals surface area contributed by atoms with E-state index in [4.69, 9.17) is 34.6 Å². The molecule has 0 aliphatic carbocycles. The van der Waals surface area contributed by atoms with Crippen molar-refractivity contribution in [1.82, 2.24) is 0 Å². The second-order valence-electron chi connectivity index (χ2n) is 8.74. The van der Waals surface area contributed by atoms with Crippen LogP contribution in [0.4, 0.5) is 0 Å². The lowest BCUT2D eigenvalue weighted by Gasteiger charge is -2.04. The highest BCUT2D eigenvalue weighted by atomic mass is 16.4. The molecule has 3 rings (SSSR count). The molecule has 0 saturated heterocycles. The third-order valence-corrected chi connectivity index (χ3v) is 4.96. The number of carboxylic acids is 3. The number of guanidine groups is 1. The summed E-state index contributed by atoms with van der Waals surface area (Å²) in [6.45, 7) is 2.54. The van der Waals surface area contributed by atoms with E-state index >= 15 is 0 Å². The van der Waals surface area contributed by atoms with E-state index in [-0.39, 0.29) is 12.0 Å². The third kappa shape index (κ3) is 20.8. The van der Waals surface area contributed by atoms with Crippen molar-refractivity contribution in [2.24, 2.45) is 27.9 Å². The second-order valence-corrected chi connectivity index (χ2v) is 8.74. The Morgan fingerprint density at radius 1 is 0.780 bits per heavy atom. The van der Waals surface area contributed by atoms with Crippen molar-refractivity contribution in [3.05, 3.63) is 108 Å². The van der Waals surface area contributed by atoms with E-state index in [1.54, 1.807) is 60.7 Å². The van der Waals surface area contributed by atoms with Crippen LogP contribution in [-0.2, 0) is 11.2 Å². The fraction of sp³-hybridized carbons (Fsp3) is 0.267. The van der Waals surface area contributed by atoms with Gasteiger partial charge in [-0.3, -0.25) is 9.79 Å². The number of aliphatic imine (C=N–C) groups is 1. The van der Waals surface area contributed by atoms with Gasteiger partial charge in [0.15, 0.2) is 5.96 Å². The number of hydrogen-bond donors (Lipinski definition) is 7. The van der Waals surface area contributed by atoms with Gasteiger partial charge in [-0.1, -0.05) is 66.7 Å². The molecule has 0 saturated carbocycles. The molecule has 41 heavy (non-hydrogen) atoms. The summed E-state index contributed by atoms with van der Waals surface area (Å²) in [5.41, 5.74) is 23.2. The van der Waals surface area contributed by atoms with E-state index < -0.39 is 23.9 Å². The molecule has 222 valence electrons. The lowest BCUT2D eigenvalue weighted by molar-refractivity contribution is -0.138. The minimum atomic E-state index is -0.879. The molecular weight excluding hydrogens is 526 g/mol. The van der Waals surface area contributed by atoms with Crippen LogP contribution in [0.25, 0.3) is 1.43 Å². The summed E-state index contributed by atoms with van der Waals surface area (Å²) in [5, 5.41) is 20.5. The Morgan fingerprint density at radius 3 is 1.56 bits per heavy atom.